The number of rotatable bonds is 1. The van der Waals surface area contributed by atoms with E-state index in [0.717, 1.165) is 0 Å². The Labute approximate surface area is 117 Å². The first-order chi connectivity index (χ1) is 9.81. The molecule has 0 aliphatic heterocycles. The van der Waals surface area contributed by atoms with Gasteiger partial charge in [-0.2, -0.15) is 0 Å². The zero-order chi connectivity index (χ0) is 13.5. The minimum Gasteiger partial charge on any atom is -0.355 e. The summed E-state index contributed by atoms with van der Waals surface area (Å²) in [6.45, 7) is 2.13. The molecule has 4 rings (SSSR count). The van der Waals surface area contributed by atoms with Gasteiger partial charge in [-0.1, -0.05) is 54.1 Å². The van der Waals surface area contributed by atoms with Gasteiger partial charge in [-0.3, -0.25) is 0 Å². The van der Waals surface area contributed by atoms with Crippen LogP contribution in [0.3, 0.4) is 0 Å². The van der Waals surface area contributed by atoms with Crippen molar-refractivity contribution in [1.29, 1.82) is 0 Å². The number of fused-ring (bicyclic) bond motifs is 2. The molecule has 1 nitrogen and oxygen atoms in total. The van der Waals surface area contributed by atoms with Gasteiger partial charge >= 0.3 is 0 Å². The van der Waals surface area contributed by atoms with Crippen molar-refractivity contribution in [1.82, 2.24) is 4.98 Å². The Bertz CT molecular complexity index is 910. The Balaban J connectivity index is 2.01. The van der Waals surface area contributed by atoms with E-state index in [4.69, 9.17) is 0 Å². The molecular formula is C19H15N. The molecule has 0 bridgehead atoms. The summed E-state index contributed by atoms with van der Waals surface area (Å²) in [5.41, 5.74) is 4.93. The van der Waals surface area contributed by atoms with Crippen LogP contribution in [-0.4, -0.2) is 4.98 Å². The molecule has 1 heterocycles. The number of hydrogen-bond acceptors (Lipinski definition) is 0. The van der Waals surface area contributed by atoms with Crippen molar-refractivity contribution in [3.8, 4) is 11.3 Å². The number of aryl methyl sites for hydroxylation is 1. The van der Waals surface area contributed by atoms with Crippen molar-refractivity contribution in [2.24, 2.45) is 0 Å². The second kappa shape index (κ2) is 4.24. The van der Waals surface area contributed by atoms with E-state index >= 15 is 0 Å². The maximum atomic E-state index is 3.53. The molecule has 0 aliphatic rings. The van der Waals surface area contributed by atoms with E-state index in [1.54, 1.807) is 0 Å². The lowest BCUT2D eigenvalue weighted by Crippen LogP contribution is -1.80. The lowest BCUT2D eigenvalue weighted by Gasteiger charge is -2.04. The summed E-state index contributed by atoms with van der Waals surface area (Å²) in [5, 5.41) is 3.84. The highest BCUT2D eigenvalue weighted by atomic mass is 14.7. The minimum absolute atomic E-state index is 1.18. The maximum absolute atomic E-state index is 3.53. The summed E-state index contributed by atoms with van der Waals surface area (Å²) in [6, 6.07) is 23.7. The van der Waals surface area contributed by atoms with E-state index in [1.807, 2.05) is 0 Å². The smallest absolute Gasteiger partial charge is 0.0471 e. The van der Waals surface area contributed by atoms with Crippen molar-refractivity contribution < 1.29 is 0 Å². The number of nitrogens with one attached hydrogen (secondary N) is 1. The van der Waals surface area contributed by atoms with Crippen molar-refractivity contribution in [3.05, 3.63) is 72.3 Å². The fraction of sp³-hybridized carbons (Fsp3) is 0.0526. The standard InChI is InChI=1S/C19H15N/c1-13-9-10-18-15(11-13)12-19(20-18)17-8-4-6-14-5-2-3-7-16(14)17/h2-12,20H,1H3. The van der Waals surface area contributed by atoms with Crippen LogP contribution >= 0.6 is 0 Å². The predicted molar refractivity (Wildman–Crippen MR) is 86.0 cm³/mol. The highest BCUT2D eigenvalue weighted by Crippen LogP contribution is 2.30. The Morgan fingerprint density at radius 2 is 1.60 bits per heavy atom. The number of hydrogen-bond donors (Lipinski definition) is 1. The summed E-state index contributed by atoms with van der Waals surface area (Å²) in [6.07, 6.45) is 0. The molecule has 0 saturated heterocycles. The third kappa shape index (κ3) is 1.71. The average Bonchev–Trinajstić information content (AvgIpc) is 2.89. The van der Waals surface area contributed by atoms with Crippen LogP contribution in [0.2, 0.25) is 0 Å². The van der Waals surface area contributed by atoms with Gasteiger partial charge in [-0.25, -0.2) is 0 Å². The van der Waals surface area contributed by atoms with Gasteiger partial charge in [0.15, 0.2) is 0 Å². The summed E-state index contributed by atoms with van der Waals surface area (Å²) in [5.74, 6) is 0. The highest BCUT2D eigenvalue weighted by Gasteiger charge is 2.06. The Morgan fingerprint density at radius 3 is 2.55 bits per heavy atom. The summed E-state index contributed by atoms with van der Waals surface area (Å²) in [4.78, 5) is 3.53. The number of benzene rings is 3. The molecule has 3 aromatic carbocycles. The van der Waals surface area contributed by atoms with E-state index in [1.165, 1.54) is 38.5 Å². The molecule has 96 valence electrons. The Morgan fingerprint density at radius 1 is 0.750 bits per heavy atom. The lowest BCUT2D eigenvalue weighted by atomic mass is 10.0. The number of aromatic nitrogens is 1. The molecule has 0 spiro atoms. The molecule has 0 aliphatic carbocycles. The van der Waals surface area contributed by atoms with E-state index in [0.29, 0.717) is 0 Å². The SMILES string of the molecule is Cc1ccc2[nH]c(-c3cccc4ccccc34)cc2c1. The highest BCUT2D eigenvalue weighted by molar-refractivity contribution is 5.98. The molecule has 1 N–H and O–H groups in total. The Kier molecular flexibility index (Phi) is 2.40. The van der Waals surface area contributed by atoms with E-state index < -0.39 is 0 Å². The first-order valence-electron chi connectivity index (χ1n) is 6.89. The summed E-state index contributed by atoms with van der Waals surface area (Å²) in [7, 11) is 0. The van der Waals surface area contributed by atoms with Crippen molar-refractivity contribution in [2.45, 2.75) is 6.92 Å². The van der Waals surface area contributed by atoms with Crippen LogP contribution in [0.25, 0.3) is 32.9 Å². The fourth-order valence-corrected chi connectivity index (χ4v) is 2.86. The second-order valence-corrected chi connectivity index (χ2v) is 5.30. The van der Waals surface area contributed by atoms with Crippen molar-refractivity contribution in [2.75, 3.05) is 0 Å². The molecule has 0 saturated carbocycles. The van der Waals surface area contributed by atoms with E-state index in [-0.39, 0.29) is 0 Å². The largest absolute Gasteiger partial charge is 0.355 e. The van der Waals surface area contributed by atoms with Crippen molar-refractivity contribution >= 4 is 21.7 Å². The van der Waals surface area contributed by atoms with Gasteiger partial charge in [-0.15, -0.1) is 0 Å². The van der Waals surface area contributed by atoms with Crippen molar-refractivity contribution in [3.63, 3.8) is 0 Å². The van der Waals surface area contributed by atoms with E-state index in [2.05, 4.69) is 78.6 Å². The number of H-pyrrole nitrogens is 1. The second-order valence-electron chi connectivity index (χ2n) is 5.30. The first-order valence-corrected chi connectivity index (χ1v) is 6.89. The zero-order valence-corrected chi connectivity index (χ0v) is 11.4. The average molecular weight is 257 g/mol. The zero-order valence-electron chi connectivity index (χ0n) is 11.4. The molecule has 0 unspecified atom stereocenters. The topological polar surface area (TPSA) is 15.8 Å². The van der Waals surface area contributed by atoms with Gasteiger partial charge in [0.25, 0.3) is 0 Å². The third-order valence-electron chi connectivity index (χ3n) is 3.86. The molecule has 20 heavy (non-hydrogen) atoms. The lowest BCUT2D eigenvalue weighted by molar-refractivity contribution is 1.45. The summed E-state index contributed by atoms with van der Waals surface area (Å²) < 4.78 is 0. The molecule has 0 amide bonds. The van der Waals surface area contributed by atoms with Crippen LogP contribution in [0.4, 0.5) is 0 Å². The molecule has 0 fully saturated rings. The Hall–Kier alpha value is -2.54. The van der Waals surface area contributed by atoms with Crippen LogP contribution < -0.4 is 0 Å². The quantitative estimate of drug-likeness (QED) is 0.476. The normalized spacial score (nSPS) is 11.2. The molecule has 1 heteroatoms. The maximum Gasteiger partial charge on any atom is 0.0471 e. The van der Waals surface area contributed by atoms with Crippen LogP contribution in [0, 0.1) is 6.92 Å². The van der Waals surface area contributed by atoms with Crippen LogP contribution in [-0.2, 0) is 0 Å². The predicted octanol–water partition coefficient (Wildman–Crippen LogP) is 5.30. The summed E-state index contributed by atoms with van der Waals surface area (Å²) >= 11 is 0. The fourth-order valence-electron chi connectivity index (χ4n) is 2.86. The van der Waals surface area contributed by atoms with Gasteiger partial charge in [0.1, 0.15) is 0 Å². The van der Waals surface area contributed by atoms with Gasteiger partial charge in [0.2, 0.25) is 0 Å². The molecule has 0 radical (unpaired) electrons. The van der Waals surface area contributed by atoms with Crippen LogP contribution in [0.15, 0.2) is 66.7 Å². The number of aromatic amines is 1. The minimum atomic E-state index is 1.18. The van der Waals surface area contributed by atoms with Gasteiger partial charge in [0, 0.05) is 22.2 Å². The van der Waals surface area contributed by atoms with Crippen LogP contribution in [0.5, 0.6) is 0 Å². The monoisotopic (exact) mass is 257 g/mol. The van der Waals surface area contributed by atoms with E-state index in [9.17, 15) is 0 Å². The molecular weight excluding hydrogens is 242 g/mol. The first kappa shape index (κ1) is 11.3. The molecule has 4 aromatic rings. The third-order valence-corrected chi connectivity index (χ3v) is 3.86. The van der Waals surface area contributed by atoms with Gasteiger partial charge < -0.3 is 4.98 Å². The molecule has 1 aromatic heterocycles. The van der Waals surface area contributed by atoms with Crippen LogP contribution in [0.1, 0.15) is 5.56 Å². The van der Waals surface area contributed by atoms with Gasteiger partial charge in [0.05, 0.1) is 0 Å². The van der Waals surface area contributed by atoms with Gasteiger partial charge in [-0.05, 0) is 35.9 Å². The molecule has 0 atom stereocenters.